The first-order chi connectivity index (χ1) is 13.0. The van der Waals surface area contributed by atoms with Gasteiger partial charge in [0, 0.05) is 26.1 Å². The second kappa shape index (κ2) is 10.7. The lowest BCUT2D eigenvalue weighted by atomic mass is 10.0. The molecule has 0 spiro atoms. The van der Waals surface area contributed by atoms with E-state index in [1.165, 1.54) is 6.42 Å². The Bertz CT molecular complexity index is 625. The van der Waals surface area contributed by atoms with Crippen LogP contribution in [0.5, 0.6) is 0 Å². The molecule has 1 aromatic carbocycles. The highest BCUT2D eigenvalue weighted by Crippen LogP contribution is 2.10. The minimum absolute atomic E-state index is 0.0393. The van der Waals surface area contributed by atoms with Crippen molar-refractivity contribution in [2.45, 2.75) is 52.0 Å². The minimum Gasteiger partial charge on any atom is -0.354 e. The summed E-state index contributed by atoms with van der Waals surface area (Å²) in [5, 5.41) is 5.62. The Morgan fingerprint density at radius 1 is 1.04 bits per heavy atom. The molecule has 2 N–H and O–H groups in total. The molecule has 1 aromatic rings. The fourth-order valence-electron chi connectivity index (χ4n) is 3.24. The molecule has 6 heteroatoms. The molecule has 1 aliphatic rings. The molecule has 1 unspecified atom stereocenters. The molecule has 1 atom stereocenters. The van der Waals surface area contributed by atoms with E-state index in [0.717, 1.165) is 31.5 Å². The van der Waals surface area contributed by atoms with Gasteiger partial charge in [-0.1, -0.05) is 44.2 Å². The number of hydrogen-bond acceptors (Lipinski definition) is 3. The number of benzene rings is 1. The van der Waals surface area contributed by atoms with Gasteiger partial charge in [0.25, 0.3) is 0 Å². The Kier molecular flexibility index (Phi) is 8.30. The summed E-state index contributed by atoms with van der Waals surface area (Å²) >= 11 is 0. The number of likely N-dealkylation sites (tertiary alicyclic amines) is 1. The van der Waals surface area contributed by atoms with E-state index in [1.54, 1.807) is 0 Å². The fourth-order valence-corrected chi connectivity index (χ4v) is 3.24. The Morgan fingerprint density at radius 2 is 1.70 bits per heavy atom. The molecule has 6 nitrogen and oxygen atoms in total. The first-order valence-electron chi connectivity index (χ1n) is 9.86. The molecular formula is C21H31N3O3. The van der Waals surface area contributed by atoms with Crippen molar-refractivity contribution in [3.8, 4) is 0 Å². The first-order valence-corrected chi connectivity index (χ1v) is 9.86. The van der Waals surface area contributed by atoms with Crippen molar-refractivity contribution in [2.24, 2.45) is 5.92 Å². The molecule has 3 amide bonds. The maximum absolute atomic E-state index is 12.5. The van der Waals surface area contributed by atoms with Gasteiger partial charge in [0.15, 0.2) is 0 Å². The highest BCUT2D eigenvalue weighted by atomic mass is 16.2. The van der Waals surface area contributed by atoms with E-state index >= 15 is 0 Å². The van der Waals surface area contributed by atoms with Crippen LogP contribution in [0, 0.1) is 5.92 Å². The zero-order valence-electron chi connectivity index (χ0n) is 16.4. The van der Waals surface area contributed by atoms with Crippen LogP contribution < -0.4 is 10.6 Å². The van der Waals surface area contributed by atoms with Crippen LogP contribution in [0.2, 0.25) is 0 Å². The summed E-state index contributed by atoms with van der Waals surface area (Å²) < 4.78 is 0. The summed E-state index contributed by atoms with van der Waals surface area (Å²) in [6, 6.07) is 8.83. The van der Waals surface area contributed by atoms with Gasteiger partial charge < -0.3 is 15.5 Å². The predicted molar refractivity (Wildman–Crippen MR) is 105 cm³/mol. The van der Waals surface area contributed by atoms with Crippen LogP contribution in [-0.4, -0.2) is 48.3 Å². The number of carbonyl (C=O) groups is 3. The Morgan fingerprint density at radius 3 is 2.33 bits per heavy atom. The van der Waals surface area contributed by atoms with Gasteiger partial charge in [-0.2, -0.15) is 0 Å². The van der Waals surface area contributed by atoms with E-state index < -0.39 is 6.04 Å². The monoisotopic (exact) mass is 373 g/mol. The van der Waals surface area contributed by atoms with E-state index in [2.05, 4.69) is 10.6 Å². The predicted octanol–water partition coefficient (Wildman–Crippen LogP) is 1.89. The standard InChI is InChI=1S/C21H31N3O3/c1-16(2)20(23-18(25)15-17-9-5-3-6-10-17)21(27)22-12-11-19(26)24-13-7-4-8-14-24/h3,5-6,9-10,16,20H,4,7-8,11-15H2,1-2H3,(H,22,27)(H,23,25). The third kappa shape index (κ3) is 7.04. The van der Waals surface area contributed by atoms with Crippen LogP contribution in [0.3, 0.4) is 0 Å². The van der Waals surface area contributed by atoms with E-state index in [-0.39, 0.29) is 30.1 Å². The normalized spacial score (nSPS) is 15.3. The lowest BCUT2D eigenvalue weighted by Gasteiger charge is -2.27. The molecule has 0 aliphatic carbocycles. The summed E-state index contributed by atoms with van der Waals surface area (Å²) in [6.45, 7) is 5.72. The number of carbonyl (C=O) groups excluding carboxylic acids is 3. The van der Waals surface area contributed by atoms with Crippen LogP contribution in [-0.2, 0) is 20.8 Å². The molecule has 1 fully saturated rings. The highest BCUT2D eigenvalue weighted by molar-refractivity contribution is 5.89. The number of nitrogens with zero attached hydrogens (tertiary/aromatic N) is 1. The molecule has 0 aromatic heterocycles. The second-order valence-electron chi connectivity index (χ2n) is 7.43. The van der Waals surface area contributed by atoms with Crippen molar-refractivity contribution < 1.29 is 14.4 Å². The molecule has 0 saturated carbocycles. The lowest BCUT2D eigenvalue weighted by Crippen LogP contribution is -2.50. The second-order valence-corrected chi connectivity index (χ2v) is 7.43. The van der Waals surface area contributed by atoms with E-state index in [0.29, 0.717) is 13.0 Å². The summed E-state index contributed by atoms with van der Waals surface area (Å²) in [4.78, 5) is 38.8. The number of nitrogens with one attached hydrogen (secondary N) is 2. The SMILES string of the molecule is CC(C)C(NC(=O)Cc1ccccc1)C(=O)NCCC(=O)N1CCCCC1. The molecule has 148 valence electrons. The van der Waals surface area contributed by atoms with Gasteiger partial charge in [-0.15, -0.1) is 0 Å². The van der Waals surface area contributed by atoms with Crippen LogP contribution in [0.4, 0.5) is 0 Å². The van der Waals surface area contributed by atoms with Crippen molar-refractivity contribution in [1.82, 2.24) is 15.5 Å². The van der Waals surface area contributed by atoms with Crippen LogP contribution >= 0.6 is 0 Å². The van der Waals surface area contributed by atoms with Crippen molar-refractivity contribution in [2.75, 3.05) is 19.6 Å². The van der Waals surface area contributed by atoms with Gasteiger partial charge in [-0.25, -0.2) is 0 Å². The van der Waals surface area contributed by atoms with Crippen molar-refractivity contribution in [3.05, 3.63) is 35.9 Å². The maximum Gasteiger partial charge on any atom is 0.242 e. The minimum atomic E-state index is -0.605. The topological polar surface area (TPSA) is 78.5 Å². The molecule has 1 saturated heterocycles. The van der Waals surface area contributed by atoms with Crippen molar-refractivity contribution in [3.63, 3.8) is 0 Å². The van der Waals surface area contributed by atoms with Crippen LogP contribution in [0.25, 0.3) is 0 Å². The summed E-state index contributed by atoms with van der Waals surface area (Å²) in [6.07, 6.45) is 3.83. The maximum atomic E-state index is 12.5. The highest BCUT2D eigenvalue weighted by Gasteiger charge is 2.24. The Balaban J connectivity index is 1.78. The fraction of sp³-hybridized carbons (Fsp3) is 0.571. The molecular weight excluding hydrogens is 342 g/mol. The summed E-state index contributed by atoms with van der Waals surface area (Å²) in [5.41, 5.74) is 0.907. The number of piperidine rings is 1. The molecule has 2 rings (SSSR count). The first kappa shape index (κ1) is 20.9. The zero-order valence-corrected chi connectivity index (χ0v) is 16.4. The lowest BCUT2D eigenvalue weighted by molar-refractivity contribution is -0.132. The van der Waals surface area contributed by atoms with Gasteiger partial charge in [0.05, 0.1) is 6.42 Å². The Hall–Kier alpha value is -2.37. The quantitative estimate of drug-likeness (QED) is 0.730. The van der Waals surface area contributed by atoms with E-state index in [1.807, 2.05) is 49.1 Å². The number of amides is 3. The number of rotatable bonds is 8. The average Bonchev–Trinajstić information content (AvgIpc) is 2.67. The number of hydrogen-bond donors (Lipinski definition) is 2. The van der Waals surface area contributed by atoms with Crippen LogP contribution in [0.15, 0.2) is 30.3 Å². The Labute approximate surface area is 161 Å². The van der Waals surface area contributed by atoms with Gasteiger partial charge >= 0.3 is 0 Å². The molecule has 0 bridgehead atoms. The summed E-state index contributed by atoms with van der Waals surface area (Å²) in [7, 11) is 0. The zero-order chi connectivity index (χ0) is 19.6. The van der Waals surface area contributed by atoms with Crippen LogP contribution in [0.1, 0.15) is 45.1 Å². The van der Waals surface area contributed by atoms with Crippen molar-refractivity contribution >= 4 is 17.7 Å². The van der Waals surface area contributed by atoms with Crippen molar-refractivity contribution in [1.29, 1.82) is 0 Å². The molecule has 1 aliphatic heterocycles. The van der Waals surface area contributed by atoms with Gasteiger partial charge in [-0.05, 0) is 30.7 Å². The van der Waals surface area contributed by atoms with E-state index in [4.69, 9.17) is 0 Å². The molecule has 27 heavy (non-hydrogen) atoms. The average molecular weight is 373 g/mol. The van der Waals surface area contributed by atoms with Gasteiger partial charge in [0.2, 0.25) is 17.7 Å². The van der Waals surface area contributed by atoms with E-state index in [9.17, 15) is 14.4 Å². The third-order valence-electron chi connectivity index (χ3n) is 4.82. The van der Waals surface area contributed by atoms with Gasteiger partial charge in [-0.3, -0.25) is 14.4 Å². The smallest absolute Gasteiger partial charge is 0.242 e. The largest absolute Gasteiger partial charge is 0.354 e. The molecule has 1 heterocycles. The third-order valence-corrected chi connectivity index (χ3v) is 4.82. The summed E-state index contributed by atoms with van der Waals surface area (Å²) in [5.74, 6) is -0.371. The molecule has 0 radical (unpaired) electrons. The van der Waals surface area contributed by atoms with Gasteiger partial charge in [0.1, 0.15) is 6.04 Å².